The first-order valence-corrected chi connectivity index (χ1v) is 9.16. The van der Waals surface area contributed by atoms with Crippen molar-refractivity contribution >= 4 is 35.2 Å². The standard InChI is InChI=1S/C18H19FN6O2/c19-12-3-4-24(9-12)14-7-15(21-13-1-2-13)25-17(22-14)11(8-20-25)5-10-6-16(26)23-18(10)27/h5,7-8,12-13,21H,1-4,6,9H2,(H,23,26,27)/b10-5+/t12-/m0/s1. The van der Waals surface area contributed by atoms with Crippen molar-refractivity contribution in [1.29, 1.82) is 0 Å². The van der Waals surface area contributed by atoms with Gasteiger partial charge in [-0.2, -0.15) is 9.61 Å². The fourth-order valence-electron chi connectivity index (χ4n) is 3.50. The van der Waals surface area contributed by atoms with Crippen LogP contribution >= 0.6 is 0 Å². The van der Waals surface area contributed by atoms with Gasteiger partial charge in [0.1, 0.15) is 17.8 Å². The molecule has 2 aliphatic heterocycles. The van der Waals surface area contributed by atoms with Gasteiger partial charge in [0.25, 0.3) is 5.91 Å². The Morgan fingerprint density at radius 2 is 2.15 bits per heavy atom. The molecule has 4 heterocycles. The molecule has 0 radical (unpaired) electrons. The van der Waals surface area contributed by atoms with E-state index in [1.54, 1.807) is 16.8 Å². The molecule has 2 aromatic heterocycles. The summed E-state index contributed by atoms with van der Waals surface area (Å²) in [4.78, 5) is 29.9. The number of anilines is 2. The highest BCUT2D eigenvalue weighted by Gasteiger charge is 2.28. The molecule has 0 unspecified atom stereocenters. The molecule has 9 heteroatoms. The molecule has 1 aliphatic carbocycles. The van der Waals surface area contributed by atoms with E-state index in [1.165, 1.54) is 0 Å². The van der Waals surface area contributed by atoms with Crippen molar-refractivity contribution in [3.05, 3.63) is 23.4 Å². The zero-order chi connectivity index (χ0) is 18.5. The molecule has 140 valence electrons. The molecule has 3 aliphatic rings. The van der Waals surface area contributed by atoms with Crippen LogP contribution in [0.4, 0.5) is 16.0 Å². The number of alkyl halides is 1. The van der Waals surface area contributed by atoms with Crippen LogP contribution in [0, 0.1) is 0 Å². The highest BCUT2D eigenvalue weighted by molar-refractivity contribution is 6.15. The summed E-state index contributed by atoms with van der Waals surface area (Å²) in [6.45, 7) is 0.947. The highest BCUT2D eigenvalue weighted by Crippen LogP contribution is 2.30. The number of nitrogens with zero attached hydrogens (tertiary/aromatic N) is 4. The molecule has 0 bridgehead atoms. The molecule has 0 spiro atoms. The number of rotatable bonds is 4. The van der Waals surface area contributed by atoms with Gasteiger partial charge in [-0.3, -0.25) is 14.9 Å². The predicted octanol–water partition coefficient (Wildman–Crippen LogP) is 1.28. The number of imide groups is 1. The van der Waals surface area contributed by atoms with Crippen LogP contribution in [0.2, 0.25) is 0 Å². The van der Waals surface area contributed by atoms with E-state index >= 15 is 0 Å². The first-order chi connectivity index (χ1) is 13.1. The van der Waals surface area contributed by atoms with Crippen LogP contribution < -0.4 is 15.5 Å². The summed E-state index contributed by atoms with van der Waals surface area (Å²) in [5.41, 5.74) is 1.63. The zero-order valence-electron chi connectivity index (χ0n) is 14.6. The summed E-state index contributed by atoms with van der Waals surface area (Å²) >= 11 is 0. The van der Waals surface area contributed by atoms with Crippen LogP contribution in [0.5, 0.6) is 0 Å². The van der Waals surface area contributed by atoms with E-state index in [-0.39, 0.29) is 18.2 Å². The predicted molar refractivity (Wildman–Crippen MR) is 97.1 cm³/mol. The number of carbonyl (C=O) groups is 2. The van der Waals surface area contributed by atoms with Gasteiger partial charge < -0.3 is 10.2 Å². The Morgan fingerprint density at radius 1 is 1.30 bits per heavy atom. The highest BCUT2D eigenvalue weighted by atomic mass is 19.1. The quantitative estimate of drug-likeness (QED) is 0.622. The molecule has 2 aromatic rings. The number of halogens is 1. The lowest BCUT2D eigenvalue weighted by Crippen LogP contribution is -2.22. The third kappa shape index (κ3) is 3.02. The fourth-order valence-corrected chi connectivity index (χ4v) is 3.50. The third-order valence-corrected chi connectivity index (χ3v) is 5.10. The van der Waals surface area contributed by atoms with Gasteiger partial charge in [-0.15, -0.1) is 0 Å². The zero-order valence-corrected chi connectivity index (χ0v) is 14.6. The van der Waals surface area contributed by atoms with E-state index in [9.17, 15) is 14.0 Å². The minimum absolute atomic E-state index is 0.0543. The number of hydrogen-bond donors (Lipinski definition) is 2. The van der Waals surface area contributed by atoms with Gasteiger partial charge in [0.2, 0.25) is 5.91 Å². The average Bonchev–Trinajstić information content (AvgIpc) is 3.04. The summed E-state index contributed by atoms with van der Waals surface area (Å²) in [6, 6.07) is 2.32. The number of amides is 2. The molecule has 1 saturated carbocycles. The average molecular weight is 370 g/mol. The first-order valence-electron chi connectivity index (χ1n) is 9.16. The van der Waals surface area contributed by atoms with Crippen LogP contribution in [-0.2, 0) is 9.59 Å². The van der Waals surface area contributed by atoms with Gasteiger partial charge >= 0.3 is 0 Å². The van der Waals surface area contributed by atoms with E-state index in [4.69, 9.17) is 0 Å². The lowest BCUT2D eigenvalue weighted by molar-refractivity contribution is -0.124. The molecular formula is C18H19FN6O2. The van der Waals surface area contributed by atoms with Crippen molar-refractivity contribution in [1.82, 2.24) is 19.9 Å². The molecule has 3 fully saturated rings. The number of nitrogens with one attached hydrogen (secondary N) is 2. The largest absolute Gasteiger partial charge is 0.367 e. The van der Waals surface area contributed by atoms with Crippen LogP contribution in [0.25, 0.3) is 11.7 Å². The summed E-state index contributed by atoms with van der Waals surface area (Å²) in [5.74, 6) is 0.805. The van der Waals surface area contributed by atoms with Crippen LogP contribution in [0.1, 0.15) is 31.2 Å². The Balaban J connectivity index is 1.59. The number of aromatic nitrogens is 3. The summed E-state index contributed by atoms with van der Waals surface area (Å²) in [7, 11) is 0. The Bertz CT molecular complexity index is 980. The Hall–Kier alpha value is -2.97. The first kappa shape index (κ1) is 16.2. The maximum Gasteiger partial charge on any atom is 0.254 e. The number of hydrogen-bond acceptors (Lipinski definition) is 6. The summed E-state index contributed by atoms with van der Waals surface area (Å²) in [6.07, 6.45) is 5.21. The lowest BCUT2D eigenvalue weighted by Gasteiger charge is -2.18. The number of fused-ring (bicyclic) bond motifs is 1. The van der Waals surface area contributed by atoms with Gasteiger partial charge in [0.15, 0.2) is 5.65 Å². The maximum atomic E-state index is 13.7. The SMILES string of the molecule is O=C1C/C(=C\c2cnn3c(NC4CC4)cc(N4CC[C@H](F)C4)nc23)C(=O)N1. The third-order valence-electron chi connectivity index (χ3n) is 5.10. The molecule has 8 nitrogen and oxygen atoms in total. The van der Waals surface area contributed by atoms with Gasteiger partial charge in [-0.05, 0) is 25.3 Å². The van der Waals surface area contributed by atoms with Crippen LogP contribution in [-0.4, -0.2) is 51.7 Å². The van der Waals surface area contributed by atoms with E-state index in [0.717, 1.165) is 18.7 Å². The normalized spacial score (nSPS) is 24.3. The van der Waals surface area contributed by atoms with Crippen molar-refractivity contribution in [3.8, 4) is 0 Å². The van der Waals surface area contributed by atoms with E-state index < -0.39 is 6.17 Å². The monoisotopic (exact) mass is 370 g/mol. The van der Waals surface area contributed by atoms with Crippen molar-refractivity contribution in [3.63, 3.8) is 0 Å². The second-order valence-electron chi connectivity index (χ2n) is 7.31. The van der Waals surface area contributed by atoms with Gasteiger partial charge in [0, 0.05) is 29.8 Å². The fraction of sp³-hybridized carbons (Fsp3) is 0.444. The number of carbonyl (C=O) groups excluding carboxylic acids is 2. The molecule has 0 aromatic carbocycles. The summed E-state index contributed by atoms with van der Waals surface area (Å²) < 4.78 is 15.4. The molecular weight excluding hydrogens is 351 g/mol. The summed E-state index contributed by atoms with van der Waals surface area (Å²) in [5, 5.41) is 10.1. The molecule has 2 saturated heterocycles. The maximum absolute atomic E-state index is 13.7. The van der Waals surface area contributed by atoms with Crippen molar-refractivity contribution < 1.29 is 14.0 Å². The van der Waals surface area contributed by atoms with Gasteiger partial charge in [-0.25, -0.2) is 9.37 Å². The van der Waals surface area contributed by atoms with Crippen LogP contribution in [0.15, 0.2) is 17.8 Å². The Kier molecular flexibility index (Phi) is 3.63. The van der Waals surface area contributed by atoms with E-state index in [0.29, 0.717) is 48.2 Å². The minimum Gasteiger partial charge on any atom is -0.367 e. The molecule has 2 amide bonds. The lowest BCUT2D eigenvalue weighted by atomic mass is 10.1. The van der Waals surface area contributed by atoms with E-state index in [2.05, 4.69) is 20.7 Å². The minimum atomic E-state index is -0.845. The Labute approximate surface area is 154 Å². The van der Waals surface area contributed by atoms with Crippen LogP contribution in [0.3, 0.4) is 0 Å². The second-order valence-corrected chi connectivity index (χ2v) is 7.31. The topological polar surface area (TPSA) is 91.6 Å². The molecule has 5 rings (SSSR count). The second kappa shape index (κ2) is 6.04. The molecule has 27 heavy (non-hydrogen) atoms. The van der Waals surface area contributed by atoms with Gasteiger partial charge in [0.05, 0.1) is 19.2 Å². The van der Waals surface area contributed by atoms with Crippen molar-refractivity contribution in [2.45, 2.75) is 37.9 Å². The Morgan fingerprint density at radius 3 is 2.81 bits per heavy atom. The molecule has 1 atom stereocenters. The van der Waals surface area contributed by atoms with Crippen molar-refractivity contribution in [2.75, 3.05) is 23.3 Å². The van der Waals surface area contributed by atoms with E-state index in [1.807, 2.05) is 11.0 Å². The smallest absolute Gasteiger partial charge is 0.254 e. The molecule has 2 N–H and O–H groups in total. The van der Waals surface area contributed by atoms with Gasteiger partial charge in [-0.1, -0.05) is 0 Å². The van der Waals surface area contributed by atoms with Crippen molar-refractivity contribution in [2.24, 2.45) is 0 Å².